The first-order valence-electron chi connectivity index (χ1n) is 5.81. The third kappa shape index (κ3) is 5.46. The molecule has 0 fully saturated rings. The second-order valence-electron chi connectivity index (χ2n) is 4.84. The maximum absolute atomic E-state index is 11.3. The van der Waals surface area contributed by atoms with Crippen LogP contribution in [-0.4, -0.2) is 45.0 Å². The molecule has 0 aromatic carbocycles. The predicted octanol–water partition coefficient (Wildman–Crippen LogP) is 0.537. The number of alkyl carbamates (subject to hydrolysis) is 1. The van der Waals surface area contributed by atoms with Crippen molar-refractivity contribution in [3.8, 4) is 0 Å². The molecule has 0 aliphatic carbocycles. The van der Waals surface area contributed by atoms with Crippen LogP contribution in [0.5, 0.6) is 0 Å². The molecule has 8 nitrogen and oxygen atoms in total. The summed E-state index contributed by atoms with van der Waals surface area (Å²) in [6.45, 7) is 6.69. The van der Waals surface area contributed by atoms with Crippen LogP contribution < -0.4 is 10.6 Å². The molecule has 102 valence electrons. The van der Waals surface area contributed by atoms with Gasteiger partial charge in [0.1, 0.15) is 5.60 Å². The van der Waals surface area contributed by atoms with E-state index in [-0.39, 0.29) is 0 Å². The number of carbonyl (C=O) groups is 1. The molecule has 0 saturated heterocycles. The molecule has 1 aromatic heterocycles. The molecule has 1 rings (SSSR count). The van der Waals surface area contributed by atoms with Crippen LogP contribution in [0.1, 0.15) is 27.2 Å². The number of hydrogen-bond acceptors (Lipinski definition) is 6. The van der Waals surface area contributed by atoms with Crippen LogP contribution in [0.4, 0.5) is 10.7 Å². The van der Waals surface area contributed by atoms with Crippen molar-refractivity contribution in [2.24, 2.45) is 7.05 Å². The van der Waals surface area contributed by atoms with Gasteiger partial charge in [-0.3, -0.25) is 0 Å². The zero-order valence-corrected chi connectivity index (χ0v) is 11.2. The van der Waals surface area contributed by atoms with Crippen LogP contribution in [-0.2, 0) is 11.8 Å². The minimum absolute atomic E-state index is 0.400. The van der Waals surface area contributed by atoms with Crippen molar-refractivity contribution in [2.45, 2.75) is 32.8 Å². The summed E-state index contributed by atoms with van der Waals surface area (Å²) in [5.74, 6) is 0.604. The lowest BCUT2D eigenvalue weighted by Crippen LogP contribution is -2.33. The van der Waals surface area contributed by atoms with Crippen molar-refractivity contribution in [1.82, 2.24) is 25.5 Å². The molecule has 8 heteroatoms. The first-order valence-corrected chi connectivity index (χ1v) is 5.81. The van der Waals surface area contributed by atoms with Gasteiger partial charge < -0.3 is 15.4 Å². The van der Waals surface area contributed by atoms with Crippen molar-refractivity contribution in [3.05, 3.63) is 0 Å². The first-order chi connectivity index (χ1) is 8.38. The number of ether oxygens (including phenoxy) is 1. The number of rotatable bonds is 5. The Morgan fingerprint density at radius 1 is 1.39 bits per heavy atom. The summed E-state index contributed by atoms with van der Waals surface area (Å²) in [4.78, 5) is 11.3. The summed E-state index contributed by atoms with van der Waals surface area (Å²) in [6.07, 6.45) is 0.356. The average molecular weight is 256 g/mol. The lowest BCUT2D eigenvalue weighted by Gasteiger charge is -2.19. The number of aromatic nitrogens is 4. The fourth-order valence-electron chi connectivity index (χ4n) is 1.17. The maximum atomic E-state index is 11.3. The third-order valence-electron chi connectivity index (χ3n) is 1.93. The predicted molar refractivity (Wildman–Crippen MR) is 66.1 cm³/mol. The van der Waals surface area contributed by atoms with Gasteiger partial charge in [0.2, 0.25) is 5.95 Å². The largest absolute Gasteiger partial charge is 0.444 e. The molecule has 0 unspecified atom stereocenters. The molecule has 0 bridgehead atoms. The second-order valence-corrected chi connectivity index (χ2v) is 4.84. The highest BCUT2D eigenvalue weighted by Crippen LogP contribution is 2.06. The van der Waals surface area contributed by atoms with E-state index < -0.39 is 11.7 Å². The number of carbonyl (C=O) groups excluding carboxylic acids is 1. The van der Waals surface area contributed by atoms with Gasteiger partial charge in [0.15, 0.2) is 0 Å². The van der Waals surface area contributed by atoms with E-state index in [9.17, 15) is 4.79 Å². The van der Waals surface area contributed by atoms with Crippen molar-refractivity contribution in [3.63, 3.8) is 0 Å². The molecule has 0 radical (unpaired) electrons. The number of aryl methyl sites for hydroxylation is 1. The maximum Gasteiger partial charge on any atom is 0.407 e. The van der Waals surface area contributed by atoms with Crippen LogP contribution >= 0.6 is 0 Å². The lowest BCUT2D eigenvalue weighted by atomic mass is 10.2. The number of anilines is 1. The summed E-state index contributed by atoms with van der Waals surface area (Å²) in [6, 6.07) is 0. The average Bonchev–Trinajstić information content (AvgIpc) is 2.61. The number of nitrogens with zero attached hydrogens (tertiary/aromatic N) is 4. The van der Waals surface area contributed by atoms with Gasteiger partial charge in [-0.1, -0.05) is 5.10 Å². The second kappa shape index (κ2) is 6.18. The number of amides is 1. The zero-order chi connectivity index (χ0) is 13.6. The zero-order valence-electron chi connectivity index (χ0n) is 11.2. The highest BCUT2D eigenvalue weighted by Gasteiger charge is 2.15. The molecular formula is C10H20N6O2. The highest BCUT2D eigenvalue weighted by atomic mass is 16.6. The van der Waals surface area contributed by atoms with Crippen LogP contribution in [0.3, 0.4) is 0 Å². The standard InChI is InChI=1S/C10H20N6O2/c1-10(2,3)18-9(17)12-7-5-6-11-8-13-14-15-16(8)4/h5-7H2,1-4H3,(H,12,17)(H,11,13,15). The molecule has 0 aliphatic heterocycles. The Bertz CT molecular complexity index is 384. The van der Waals surface area contributed by atoms with Crippen molar-refractivity contribution in [2.75, 3.05) is 18.4 Å². The van der Waals surface area contributed by atoms with E-state index in [4.69, 9.17) is 4.74 Å². The van der Waals surface area contributed by atoms with Crippen molar-refractivity contribution < 1.29 is 9.53 Å². The number of hydrogen-bond donors (Lipinski definition) is 2. The molecule has 18 heavy (non-hydrogen) atoms. The SMILES string of the molecule is Cn1nnnc1NCCCNC(=O)OC(C)(C)C. The minimum Gasteiger partial charge on any atom is -0.444 e. The fourth-order valence-corrected chi connectivity index (χ4v) is 1.17. The van der Waals surface area contributed by atoms with Gasteiger partial charge in [0.25, 0.3) is 0 Å². The summed E-state index contributed by atoms with van der Waals surface area (Å²) < 4.78 is 6.65. The van der Waals surface area contributed by atoms with Gasteiger partial charge in [0.05, 0.1) is 0 Å². The summed E-state index contributed by atoms with van der Waals surface area (Å²) in [7, 11) is 1.75. The van der Waals surface area contributed by atoms with Crippen LogP contribution in [0, 0.1) is 0 Å². The van der Waals surface area contributed by atoms with Gasteiger partial charge in [0, 0.05) is 20.1 Å². The molecule has 0 saturated carbocycles. The molecule has 1 heterocycles. The molecule has 0 atom stereocenters. The van der Waals surface area contributed by atoms with E-state index >= 15 is 0 Å². The van der Waals surface area contributed by atoms with E-state index in [1.807, 2.05) is 20.8 Å². The summed E-state index contributed by atoms with van der Waals surface area (Å²) in [5.41, 5.74) is -0.466. The van der Waals surface area contributed by atoms with Crippen LogP contribution in [0.25, 0.3) is 0 Å². The summed E-state index contributed by atoms with van der Waals surface area (Å²) in [5, 5.41) is 16.7. The molecule has 0 spiro atoms. The Kier molecular flexibility index (Phi) is 4.87. The minimum atomic E-state index is -0.466. The Balaban J connectivity index is 2.09. The molecule has 1 amide bonds. The van der Waals surface area contributed by atoms with E-state index in [0.29, 0.717) is 19.0 Å². The van der Waals surface area contributed by atoms with Crippen LogP contribution in [0.2, 0.25) is 0 Å². The van der Waals surface area contributed by atoms with Crippen LogP contribution in [0.15, 0.2) is 0 Å². The highest BCUT2D eigenvalue weighted by molar-refractivity contribution is 5.67. The Morgan fingerprint density at radius 2 is 2.11 bits per heavy atom. The van der Waals surface area contributed by atoms with Crippen molar-refractivity contribution in [1.29, 1.82) is 0 Å². The number of tetrazole rings is 1. The van der Waals surface area contributed by atoms with Gasteiger partial charge in [-0.25, -0.2) is 9.48 Å². The van der Waals surface area contributed by atoms with Gasteiger partial charge in [-0.05, 0) is 37.6 Å². The van der Waals surface area contributed by atoms with E-state index in [2.05, 4.69) is 26.2 Å². The van der Waals surface area contributed by atoms with Gasteiger partial charge in [-0.15, -0.1) is 0 Å². The quantitative estimate of drug-likeness (QED) is 0.747. The topological polar surface area (TPSA) is 94.0 Å². The van der Waals surface area contributed by atoms with E-state index in [1.165, 1.54) is 0 Å². The normalized spacial score (nSPS) is 11.1. The fraction of sp³-hybridized carbons (Fsp3) is 0.800. The van der Waals surface area contributed by atoms with E-state index in [0.717, 1.165) is 6.42 Å². The lowest BCUT2D eigenvalue weighted by molar-refractivity contribution is 0.0528. The monoisotopic (exact) mass is 256 g/mol. The Hall–Kier alpha value is -1.86. The first kappa shape index (κ1) is 14.2. The van der Waals surface area contributed by atoms with Crippen molar-refractivity contribution >= 4 is 12.0 Å². The Morgan fingerprint density at radius 3 is 2.67 bits per heavy atom. The van der Waals surface area contributed by atoms with Gasteiger partial charge in [-0.2, -0.15) is 0 Å². The van der Waals surface area contributed by atoms with Gasteiger partial charge >= 0.3 is 6.09 Å². The molecule has 1 aromatic rings. The molecule has 0 aliphatic rings. The third-order valence-corrected chi connectivity index (χ3v) is 1.93. The summed E-state index contributed by atoms with van der Waals surface area (Å²) >= 11 is 0. The van der Waals surface area contributed by atoms with E-state index in [1.54, 1.807) is 11.7 Å². The smallest absolute Gasteiger partial charge is 0.407 e. The number of nitrogens with one attached hydrogen (secondary N) is 2. The Labute approximate surface area is 106 Å². The molecular weight excluding hydrogens is 236 g/mol. The molecule has 2 N–H and O–H groups in total.